The molecule has 5 heteroatoms. The van der Waals surface area contributed by atoms with Gasteiger partial charge in [0.1, 0.15) is 3.70 Å². The van der Waals surface area contributed by atoms with Crippen molar-refractivity contribution in [2.45, 2.75) is 6.92 Å². The molecule has 0 aliphatic rings. The van der Waals surface area contributed by atoms with Gasteiger partial charge in [-0.2, -0.15) is 5.10 Å². The van der Waals surface area contributed by atoms with Crippen LogP contribution in [0, 0.1) is 3.70 Å². The molecule has 0 amide bonds. The van der Waals surface area contributed by atoms with Gasteiger partial charge in [0.15, 0.2) is 0 Å². The van der Waals surface area contributed by atoms with Gasteiger partial charge in [-0.25, -0.2) is 4.79 Å². The van der Waals surface area contributed by atoms with E-state index in [1.807, 2.05) is 6.07 Å². The van der Waals surface area contributed by atoms with Crippen molar-refractivity contribution in [1.82, 2.24) is 10.2 Å². The highest BCUT2D eigenvalue weighted by molar-refractivity contribution is 14.1. The second-order valence-corrected chi connectivity index (χ2v) is 4.02. The van der Waals surface area contributed by atoms with E-state index in [1.54, 1.807) is 19.1 Å². The Kier molecular flexibility index (Phi) is 2.90. The number of nitrogens with one attached hydrogen (secondary N) is 1. The summed E-state index contributed by atoms with van der Waals surface area (Å²) >= 11 is 2.14. The number of benzene rings is 1. The van der Waals surface area contributed by atoms with Crippen molar-refractivity contribution < 1.29 is 9.53 Å². The first-order valence-electron chi connectivity index (χ1n) is 4.53. The molecule has 0 aliphatic heterocycles. The minimum atomic E-state index is -0.302. The molecule has 0 atom stereocenters. The summed E-state index contributed by atoms with van der Waals surface area (Å²) in [5.41, 5.74) is 1.40. The Labute approximate surface area is 100 Å². The third-order valence-electron chi connectivity index (χ3n) is 2.03. The van der Waals surface area contributed by atoms with Gasteiger partial charge in [0.05, 0.1) is 17.7 Å². The summed E-state index contributed by atoms with van der Waals surface area (Å²) in [4.78, 5) is 11.4. The number of esters is 1. The molecule has 0 spiro atoms. The zero-order chi connectivity index (χ0) is 10.8. The molecule has 0 bridgehead atoms. The first-order valence-corrected chi connectivity index (χ1v) is 5.61. The maximum absolute atomic E-state index is 11.4. The minimum absolute atomic E-state index is 0.302. The second kappa shape index (κ2) is 4.18. The first-order chi connectivity index (χ1) is 7.22. The summed E-state index contributed by atoms with van der Waals surface area (Å²) in [6, 6.07) is 5.37. The van der Waals surface area contributed by atoms with E-state index >= 15 is 0 Å². The van der Waals surface area contributed by atoms with Gasteiger partial charge in [0.2, 0.25) is 0 Å². The Balaban J connectivity index is 2.43. The number of aromatic nitrogens is 2. The van der Waals surface area contributed by atoms with Crippen molar-refractivity contribution in [3.63, 3.8) is 0 Å². The Morgan fingerprint density at radius 2 is 2.40 bits per heavy atom. The number of nitrogens with zero attached hydrogens (tertiary/aromatic N) is 1. The highest BCUT2D eigenvalue weighted by Gasteiger charge is 2.09. The zero-order valence-corrected chi connectivity index (χ0v) is 10.2. The van der Waals surface area contributed by atoms with E-state index in [9.17, 15) is 4.79 Å². The summed E-state index contributed by atoms with van der Waals surface area (Å²) in [5.74, 6) is -0.302. The predicted molar refractivity (Wildman–Crippen MR) is 64.8 cm³/mol. The Morgan fingerprint density at radius 1 is 1.60 bits per heavy atom. The molecule has 0 saturated heterocycles. The van der Waals surface area contributed by atoms with Crippen LogP contribution < -0.4 is 0 Å². The lowest BCUT2D eigenvalue weighted by molar-refractivity contribution is 0.0526. The third kappa shape index (κ3) is 1.97. The van der Waals surface area contributed by atoms with E-state index in [1.165, 1.54) is 0 Å². The topological polar surface area (TPSA) is 55.0 Å². The Morgan fingerprint density at radius 3 is 3.13 bits per heavy atom. The molecule has 1 aromatic heterocycles. The number of aromatic amines is 1. The molecule has 1 aromatic carbocycles. The molecule has 15 heavy (non-hydrogen) atoms. The SMILES string of the molecule is CCOC(=O)c1ccc2c(I)n[nH]c2c1. The van der Waals surface area contributed by atoms with Crippen LogP contribution in [-0.2, 0) is 4.74 Å². The number of fused-ring (bicyclic) bond motifs is 1. The Bertz CT molecular complexity index is 507. The quantitative estimate of drug-likeness (QED) is 0.683. The van der Waals surface area contributed by atoms with E-state index in [2.05, 4.69) is 32.8 Å². The fraction of sp³-hybridized carbons (Fsp3) is 0.200. The summed E-state index contributed by atoms with van der Waals surface area (Å²) < 4.78 is 5.81. The molecule has 2 rings (SSSR count). The molecule has 1 N–H and O–H groups in total. The van der Waals surface area contributed by atoms with Crippen molar-refractivity contribution in [2.75, 3.05) is 6.61 Å². The van der Waals surface area contributed by atoms with Crippen molar-refractivity contribution in [1.29, 1.82) is 0 Å². The zero-order valence-electron chi connectivity index (χ0n) is 8.08. The number of carbonyl (C=O) groups excluding carboxylic acids is 1. The molecular formula is C10H9IN2O2. The molecule has 2 aromatic rings. The molecule has 0 fully saturated rings. The highest BCUT2D eigenvalue weighted by Crippen LogP contribution is 2.19. The van der Waals surface area contributed by atoms with Crippen molar-refractivity contribution in [3.05, 3.63) is 27.5 Å². The molecule has 0 saturated carbocycles. The number of H-pyrrole nitrogens is 1. The van der Waals surface area contributed by atoms with Gasteiger partial charge in [-0.3, -0.25) is 5.10 Å². The van der Waals surface area contributed by atoms with Gasteiger partial charge in [-0.05, 0) is 47.7 Å². The fourth-order valence-corrected chi connectivity index (χ4v) is 1.92. The van der Waals surface area contributed by atoms with Gasteiger partial charge in [-0.15, -0.1) is 0 Å². The maximum Gasteiger partial charge on any atom is 0.338 e. The van der Waals surface area contributed by atoms with Crippen molar-refractivity contribution >= 4 is 39.5 Å². The monoisotopic (exact) mass is 316 g/mol. The number of ether oxygens (including phenoxy) is 1. The fourth-order valence-electron chi connectivity index (χ4n) is 1.33. The van der Waals surface area contributed by atoms with Crippen LogP contribution in [-0.4, -0.2) is 22.8 Å². The van der Waals surface area contributed by atoms with Crippen LogP contribution in [0.2, 0.25) is 0 Å². The molecule has 0 radical (unpaired) electrons. The predicted octanol–water partition coefficient (Wildman–Crippen LogP) is 2.34. The normalized spacial score (nSPS) is 10.5. The van der Waals surface area contributed by atoms with E-state index in [0.29, 0.717) is 12.2 Å². The summed E-state index contributed by atoms with van der Waals surface area (Å²) in [5, 5.41) is 7.93. The van der Waals surface area contributed by atoms with E-state index in [0.717, 1.165) is 14.6 Å². The number of carbonyl (C=O) groups is 1. The summed E-state index contributed by atoms with van der Waals surface area (Å²) in [6.45, 7) is 2.17. The number of hydrogen-bond donors (Lipinski definition) is 1. The standard InChI is InChI=1S/C10H9IN2O2/c1-2-15-10(14)6-3-4-7-8(5-6)12-13-9(7)11/h3-5H,2H2,1H3,(H,12,13). The van der Waals surface area contributed by atoms with Crippen molar-refractivity contribution in [3.8, 4) is 0 Å². The van der Waals surface area contributed by atoms with Crippen LogP contribution in [0.1, 0.15) is 17.3 Å². The van der Waals surface area contributed by atoms with Gasteiger partial charge >= 0.3 is 5.97 Å². The number of halogens is 1. The van der Waals surface area contributed by atoms with E-state index in [-0.39, 0.29) is 5.97 Å². The summed E-state index contributed by atoms with van der Waals surface area (Å²) in [6.07, 6.45) is 0. The first kappa shape index (κ1) is 10.4. The largest absolute Gasteiger partial charge is 0.462 e. The van der Waals surface area contributed by atoms with Gasteiger partial charge in [0.25, 0.3) is 0 Å². The molecular weight excluding hydrogens is 307 g/mol. The lowest BCUT2D eigenvalue weighted by Crippen LogP contribution is -2.04. The minimum Gasteiger partial charge on any atom is -0.462 e. The van der Waals surface area contributed by atoms with Crippen LogP contribution in [0.15, 0.2) is 18.2 Å². The Hall–Kier alpha value is -1.11. The number of rotatable bonds is 2. The maximum atomic E-state index is 11.4. The third-order valence-corrected chi connectivity index (χ3v) is 2.85. The second-order valence-electron chi connectivity index (χ2n) is 3.00. The lowest BCUT2D eigenvalue weighted by Gasteiger charge is -2.00. The van der Waals surface area contributed by atoms with Gasteiger partial charge in [0, 0.05) is 5.39 Å². The lowest BCUT2D eigenvalue weighted by atomic mass is 10.2. The highest BCUT2D eigenvalue weighted by atomic mass is 127. The van der Waals surface area contributed by atoms with E-state index in [4.69, 9.17) is 4.74 Å². The van der Waals surface area contributed by atoms with Crippen LogP contribution >= 0.6 is 22.6 Å². The summed E-state index contributed by atoms with van der Waals surface area (Å²) in [7, 11) is 0. The van der Waals surface area contributed by atoms with Crippen LogP contribution in [0.5, 0.6) is 0 Å². The number of hydrogen-bond acceptors (Lipinski definition) is 3. The van der Waals surface area contributed by atoms with Crippen LogP contribution in [0.25, 0.3) is 10.9 Å². The van der Waals surface area contributed by atoms with Crippen LogP contribution in [0.4, 0.5) is 0 Å². The molecule has 0 unspecified atom stereocenters. The van der Waals surface area contributed by atoms with E-state index < -0.39 is 0 Å². The molecule has 0 aliphatic carbocycles. The average molecular weight is 316 g/mol. The average Bonchev–Trinajstić information content (AvgIpc) is 2.60. The van der Waals surface area contributed by atoms with Gasteiger partial charge < -0.3 is 4.74 Å². The molecule has 78 valence electrons. The molecule has 4 nitrogen and oxygen atoms in total. The van der Waals surface area contributed by atoms with Gasteiger partial charge in [-0.1, -0.05) is 0 Å². The smallest absolute Gasteiger partial charge is 0.338 e. The van der Waals surface area contributed by atoms with Crippen molar-refractivity contribution in [2.24, 2.45) is 0 Å². The molecule has 1 heterocycles. The van der Waals surface area contributed by atoms with Crippen LogP contribution in [0.3, 0.4) is 0 Å².